The molecule has 1 heterocycles. The maximum Gasteiger partial charge on any atom is 0.0549 e. The summed E-state index contributed by atoms with van der Waals surface area (Å²) in [6.07, 6.45) is 6.05. The fourth-order valence-electron chi connectivity index (χ4n) is 1.94. The fraction of sp³-hybridized carbons (Fsp3) is 0.643. The minimum absolute atomic E-state index is 0.484. The van der Waals surface area contributed by atoms with Crippen LogP contribution in [0.25, 0.3) is 0 Å². The molecular weight excluding hydrogens is 210 g/mol. The van der Waals surface area contributed by atoms with Crippen molar-refractivity contribution in [2.45, 2.75) is 46.6 Å². The van der Waals surface area contributed by atoms with E-state index in [-0.39, 0.29) is 0 Å². The largest absolute Gasteiger partial charge is 0.384 e. The van der Waals surface area contributed by atoms with E-state index in [1.165, 1.54) is 6.42 Å². The monoisotopic (exact) mass is 235 g/mol. The molecule has 1 rings (SSSR count). The molecule has 1 unspecified atom stereocenters. The molecule has 0 saturated carbocycles. The van der Waals surface area contributed by atoms with Gasteiger partial charge in [0.2, 0.25) is 0 Å². The van der Waals surface area contributed by atoms with Crippen molar-refractivity contribution in [2.75, 3.05) is 17.2 Å². The molecule has 2 N–H and O–H groups in total. The Morgan fingerprint density at radius 2 is 1.88 bits per heavy atom. The van der Waals surface area contributed by atoms with Crippen LogP contribution in [-0.4, -0.2) is 17.6 Å². The van der Waals surface area contributed by atoms with Crippen LogP contribution in [-0.2, 0) is 0 Å². The van der Waals surface area contributed by atoms with Crippen LogP contribution in [0.2, 0.25) is 0 Å². The number of hydrogen-bond donors (Lipinski definition) is 2. The van der Waals surface area contributed by atoms with Gasteiger partial charge in [0.25, 0.3) is 0 Å². The lowest BCUT2D eigenvalue weighted by Crippen LogP contribution is -2.17. The second-order valence-corrected chi connectivity index (χ2v) is 5.06. The highest BCUT2D eigenvalue weighted by Crippen LogP contribution is 2.16. The van der Waals surface area contributed by atoms with Crippen molar-refractivity contribution in [2.24, 2.45) is 5.92 Å². The molecule has 1 atom stereocenters. The topological polar surface area (TPSA) is 37.0 Å². The van der Waals surface area contributed by atoms with Gasteiger partial charge in [-0.1, -0.05) is 20.8 Å². The van der Waals surface area contributed by atoms with E-state index in [9.17, 15) is 0 Å². The third-order valence-corrected chi connectivity index (χ3v) is 2.56. The molecule has 96 valence electrons. The highest BCUT2D eigenvalue weighted by molar-refractivity contribution is 5.54. The van der Waals surface area contributed by atoms with Crippen LogP contribution in [0.3, 0.4) is 0 Å². The van der Waals surface area contributed by atoms with Gasteiger partial charge in [-0.3, -0.25) is 4.98 Å². The lowest BCUT2D eigenvalue weighted by atomic mass is 10.1. The van der Waals surface area contributed by atoms with E-state index in [0.29, 0.717) is 12.0 Å². The van der Waals surface area contributed by atoms with Crippen molar-refractivity contribution in [3.8, 4) is 0 Å². The van der Waals surface area contributed by atoms with Gasteiger partial charge in [0, 0.05) is 12.6 Å². The van der Waals surface area contributed by atoms with Crippen LogP contribution in [0.5, 0.6) is 0 Å². The lowest BCUT2D eigenvalue weighted by Gasteiger charge is -2.17. The highest BCUT2D eigenvalue weighted by atomic mass is 14.9. The molecular formula is C14H25N3. The predicted molar refractivity (Wildman–Crippen MR) is 75.6 cm³/mol. The minimum Gasteiger partial charge on any atom is -0.384 e. The number of nitrogens with zero attached hydrogens (tertiary/aromatic N) is 1. The van der Waals surface area contributed by atoms with E-state index >= 15 is 0 Å². The Labute approximate surface area is 105 Å². The molecule has 0 aliphatic heterocycles. The van der Waals surface area contributed by atoms with Gasteiger partial charge in [-0.05, 0) is 31.7 Å². The van der Waals surface area contributed by atoms with Crippen molar-refractivity contribution in [1.82, 2.24) is 4.98 Å². The van der Waals surface area contributed by atoms with Crippen molar-refractivity contribution >= 4 is 11.4 Å². The summed E-state index contributed by atoms with van der Waals surface area (Å²) < 4.78 is 0. The Morgan fingerprint density at radius 1 is 1.18 bits per heavy atom. The maximum atomic E-state index is 4.24. The smallest absolute Gasteiger partial charge is 0.0549 e. The summed E-state index contributed by atoms with van der Waals surface area (Å²) in [7, 11) is 0. The predicted octanol–water partition coefficient (Wildman–Crippen LogP) is 3.75. The second kappa shape index (κ2) is 7.15. The van der Waals surface area contributed by atoms with Crippen LogP contribution in [0, 0.1) is 5.92 Å². The van der Waals surface area contributed by atoms with Crippen LogP contribution < -0.4 is 10.6 Å². The first-order valence-corrected chi connectivity index (χ1v) is 6.57. The van der Waals surface area contributed by atoms with E-state index in [1.807, 2.05) is 12.4 Å². The summed E-state index contributed by atoms with van der Waals surface area (Å²) in [5.41, 5.74) is 2.19. The summed E-state index contributed by atoms with van der Waals surface area (Å²) in [6.45, 7) is 9.86. The Bertz CT molecular complexity index is 323. The van der Waals surface area contributed by atoms with E-state index in [0.717, 1.165) is 24.3 Å². The number of anilines is 2. The lowest BCUT2D eigenvalue weighted by molar-refractivity contribution is 0.539. The van der Waals surface area contributed by atoms with E-state index in [2.05, 4.69) is 49.4 Å². The molecule has 0 amide bonds. The summed E-state index contributed by atoms with van der Waals surface area (Å²) in [5.74, 6) is 0.715. The Balaban J connectivity index is 2.52. The Kier molecular flexibility index (Phi) is 5.81. The molecule has 1 aromatic heterocycles. The van der Waals surface area contributed by atoms with Crippen molar-refractivity contribution in [3.63, 3.8) is 0 Å². The molecule has 0 aromatic carbocycles. The highest BCUT2D eigenvalue weighted by Gasteiger charge is 2.05. The van der Waals surface area contributed by atoms with E-state index in [1.54, 1.807) is 0 Å². The van der Waals surface area contributed by atoms with Gasteiger partial charge in [-0.2, -0.15) is 0 Å². The summed E-state index contributed by atoms with van der Waals surface area (Å²) in [4.78, 5) is 4.24. The summed E-state index contributed by atoms with van der Waals surface area (Å²) >= 11 is 0. The van der Waals surface area contributed by atoms with Gasteiger partial charge in [-0.25, -0.2) is 0 Å². The number of nitrogens with one attached hydrogen (secondary N) is 2. The molecule has 1 aromatic rings. The Morgan fingerprint density at radius 3 is 2.53 bits per heavy atom. The SMILES string of the molecule is CCCNc1cncc(NC(C)CC(C)C)c1. The van der Waals surface area contributed by atoms with Crippen molar-refractivity contribution < 1.29 is 0 Å². The molecule has 17 heavy (non-hydrogen) atoms. The van der Waals surface area contributed by atoms with Crippen LogP contribution in [0.4, 0.5) is 11.4 Å². The summed E-state index contributed by atoms with van der Waals surface area (Å²) in [5, 5.41) is 6.83. The minimum atomic E-state index is 0.484. The molecule has 0 fully saturated rings. The Hall–Kier alpha value is -1.25. The fourth-order valence-corrected chi connectivity index (χ4v) is 1.94. The van der Waals surface area contributed by atoms with Gasteiger partial charge < -0.3 is 10.6 Å². The number of hydrogen-bond acceptors (Lipinski definition) is 3. The van der Waals surface area contributed by atoms with Gasteiger partial charge in [0.15, 0.2) is 0 Å². The first kappa shape index (κ1) is 13.8. The van der Waals surface area contributed by atoms with Crippen LogP contribution in [0.15, 0.2) is 18.5 Å². The first-order chi connectivity index (χ1) is 8.11. The van der Waals surface area contributed by atoms with Crippen LogP contribution in [0.1, 0.15) is 40.5 Å². The third kappa shape index (κ3) is 5.57. The second-order valence-electron chi connectivity index (χ2n) is 5.06. The molecule has 0 spiro atoms. The normalized spacial score (nSPS) is 12.5. The van der Waals surface area contributed by atoms with Crippen molar-refractivity contribution in [3.05, 3.63) is 18.5 Å². The van der Waals surface area contributed by atoms with Crippen LogP contribution >= 0.6 is 0 Å². The zero-order valence-corrected chi connectivity index (χ0v) is 11.5. The third-order valence-electron chi connectivity index (χ3n) is 2.56. The first-order valence-electron chi connectivity index (χ1n) is 6.57. The number of rotatable bonds is 7. The summed E-state index contributed by atoms with van der Waals surface area (Å²) in [6, 6.07) is 2.61. The standard InChI is InChI=1S/C14H25N3/c1-5-6-16-13-8-14(10-15-9-13)17-12(4)7-11(2)3/h8-12,16-17H,5-7H2,1-4H3. The molecule has 3 heteroatoms. The quantitative estimate of drug-likeness (QED) is 0.755. The molecule has 0 saturated heterocycles. The molecule has 0 aliphatic rings. The zero-order valence-electron chi connectivity index (χ0n) is 11.5. The van der Waals surface area contributed by atoms with Crippen molar-refractivity contribution in [1.29, 1.82) is 0 Å². The average molecular weight is 235 g/mol. The molecule has 0 radical (unpaired) electrons. The van der Waals surface area contributed by atoms with Gasteiger partial charge in [0.05, 0.1) is 23.8 Å². The van der Waals surface area contributed by atoms with Gasteiger partial charge in [0.1, 0.15) is 0 Å². The molecule has 0 aliphatic carbocycles. The molecule has 0 bridgehead atoms. The maximum absolute atomic E-state index is 4.24. The average Bonchev–Trinajstić information content (AvgIpc) is 2.25. The van der Waals surface area contributed by atoms with Gasteiger partial charge in [-0.15, -0.1) is 0 Å². The molecule has 3 nitrogen and oxygen atoms in total. The van der Waals surface area contributed by atoms with Gasteiger partial charge >= 0.3 is 0 Å². The number of aromatic nitrogens is 1. The number of pyridine rings is 1. The van der Waals surface area contributed by atoms with E-state index in [4.69, 9.17) is 0 Å². The van der Waals surface area contributed by atoms with E-state index < -0.39 is 0 Å². The zero-order chi connectivity index (χ0) is 12.7.